The van der Waals surface area contributed by atoms with Crippen LogP contribution in [0.15, 0.2) is 77.9 Å². The van der Waals surface area contributed by atoms with E-state index in [1.807, 2.05) is 25.1 Å². The Bertz CT molecular complexity index is 1240. The first-order valence-electron chi connectivity index (χ1n) is 9.91. The van der Waals surface area contributed by atoms with Gasteiger partial charge in [-0.3, -0.25) is 9.59 Å². The summed E-state index contributed by atoms with van der Waals surface area (Å²) in [4.78, 5) is 36.2. The van der Waals surface area contributed by atoms with Gasteiger partial charge in [-0.25, -0.2) is 10.2 Å². The first kappa shape index (κ1) is 22.9. The molecule has 0 saturated carbocycles. The van der Waals surface area contributed by atoms with Gasteiger partial charge in [-0.2, -0.15) is 10.4 Å². The molecule has 0 saturated heterocycles. The molecule has 2 N–H and O–H groups in total. The van der Waals surface area contributed by atoms with Crippen LogP contribution in [0.5, 0.6) is 5.75 Å². The standard InChI is InChI=1S/C25H20N4O4/c1-16-3-7-20(8-4-16)25(32)33-22-13-9-19(10-14-22)17(2)28-29-24(31)23(30)27-21-11-5-18(15-26)6-12-21/h3-14H,1-2H3,(H,27,30)(H,29,31)/b28-17+. The Labute approximate surface area is 190 Å². The van der Waals surface area contributed by atoms with Crippen LogP contribution in [0.3, 0.4) is 0 Å². The van der Waals surface area contributed by atoms with Crippen LogP contribution in [-0.4, -0.2) is 23.5 Å². The zero-order valence-corrected chi connectivity index (χ0v) is 18.0. The minimum absolute atomic E-state index is 0.364. The molecule has 164 valence electrons. The van der Waals surface area contributed by atoms with Gasteiger partial charge >= 0.3 is 17.8 Å². The molecule has 0 radical (unpaired) electrons. The third kappa shape index (κ3) is 6.35. The molecule has 3 aromatic rings. The van der Waals surface area contributed by atoms with Crippen molar-refractivity contribution >= 4 is 29.2 Å². The van der Waals surface area contributed by atoms with Crippen molar-refractivity contribution in [3.8, 4) is 11.8 Å². The second-order valence-corrected chi connectivity index (χ2v) is 7.06. The maximum atomic E-state index is 12.2. The van der Waals surface area contributed by atoms with Gasteiger partial charge in [-0.15, -0.1) is 0 Å². The number of aryl methyl sites for hydroxylation is 1. The van der Waals surface area contributed by atoms with Crippen LogP contribution in [0.25, 0.3) is 0 Å². The van der Waals surface area contributed by atoms with Gasteiger partial charge in [-0.1, -0.05) is 17.7 Å². The average molecular weight is 440 g/mol. The molecule has 3 aromatic carbocycles. The summed E-state index contributed by atoms with van der Waals surface area (Å²) in [6.45, 7) is 3.59. The Hall–Kier alpha value is -4.77. The van der Waals surface area contributed by atoms with E-state index < -0.39 is 17.8 Å². The van der Waals surface area contributed by atoms with E-state index in [1.165, 1.54) is 24.3 Å². The first-order chi connectivity index (χ1) is 15.9. The summed E-state index contributed by atoms with van der Waals surface area (Å²) in [5, 5.41) is 15.1. The van der Waals surface area contributed by atoms with Crippen molar-refractivity contribution in [1.29, 1.82) is 5.26 Å². The number of carbonyl (C=O) groups excluding carboxylic acids is 3. The van der Waals surface area contributed by atoms with E-state index in [0.29, 0.717) is 33.8 Å². The lowest BCUT2D eigenvalue weighted by atomic mass is 10.1. The van der Waals surface area contributed by atoms with Gasteiger partial charge in [0.2, 0.25) is 0 Å². The van der Waals surface area contributed by atoms with Crippen LogP contribution in [0.2, 0.25) is 0 Å². The zero-order valence-electron chi connectivity index (χ0n) is 18.0. The normalized spacial score (nSPS) is 10.6. The highest BCUT2D eigenvalue weighted by molar-refractivity contribution is 6.39. The molecule has 0 aliphatic rings. The molecule has 0 unspecified atom stereocenters. The molecule has 0 atom stereocenters. The lowest BCUT2D eigenvalue weighted by Gasteiger charge is -2.07. The molecule has 0 bridgehead atoms. The minimum Gasteiger partial charge on any atom is -0.423 e. The number of ether oxygens (including phenoxy) is 1. The maximum Gasteiger partial charge on any atom is 0.343 e. The van der Waals surface area contributed by atoms with Crippen LogP contribution in [-0.2, 0) is 9.59 Å². The number of hydrogen-bond donors (Lipinski definition) is 2. The lowest BCUT2D eigenvalue weighted by Crippen LogP contribution is -2.32. The van der Waals surface area contributed by atoms with Gasteiger partial charge in [0.15, 0.2) is 0 Å². The molecule has 0 fully saturated rings. The van der Waals surface area contributed by atoms with Crippen LogP contribution >= 0.6 is 0 Å². The highest BCUT2D eigenvalue weighted by Crippen LogP contribution is 2.15. The number of carbonyl (C=O) groups is 3. The number of benzene rings is 3. The number of nitrogens with one attached hydrogen (secondary N) is 2. The quantitative estimate of drug-likeness (QED) is 0.207. The van der Waals surface area contributed by atoms with Gasteiger partial charge in [0, 0.05) is 5.69 Å². The van der Waals surface area contributed by atoms with Crippen LogP contribution in [0.4, 0.5) is 5.69 Å². The summed E-state index contributed by atoms with van der Waals surface area (Å²) in [6.07, 6.45) is 0. The predicted molar refractivity (Wildman–Crippen MR) is 123 cm³/mol. The Morgan fingerprint density at radius 3 is 2.06 bits per heavy atom. The number of anilines is 1. The minimum atomic E-state index is -0.942. The zero-order chi connectivity index (χ0) is 23.8. The molecule has 33 heavy (non-hydrogen) atoms. The Balaban J connectivity index is 1.55. The van der Waals surface area contributed by atoms with Crippen molar-refractivity contribution in [2.45, 2.75) is 13.8 Å². The molecule has 2 amide bonds. The van der Waals surface area contributed by atoms with Crippen LogP contribution in [0, 0.1) is 18.3 Å². The Morgan fingerprint density at radius 1 is 0.848 bits per heavy atom. The van der Waals surface area contributed by atoms with Crippen molar-refractivity contribution in [3.05, 3.63) is 95.1 Å². The Morgan fingerprint density at radius 2 is 1.45 bits per heavy atom. The van der Waals surface area contributed by atoms with E-state index in [2.05, 4.69) is 15.8 Å². The second kappa shape index (κ2) is 10.5. The number of nitriles is 1. The van der Waals surface area contributed by atoms with E-state index in [0.717, 1.165) is 5.56 Å². The second-order valence-electron chi connectivity index (χ2n) is 7.06. The summed E-state index contributed by atoms with van der Waals surface area (Å²) in [5.74, 6) is -1.94. The van der Waals surface area contributed by atoms with Crippen molar-refractivity contribution in [1.82, 2.24) is 5.43 Å². The summed E-state index contributed by atoms with van der Waals surface area (Å²) >= 11 is 0. The third-order valence-corrected chi connectivity index (χ3v) is 4.57. The summed E-state index contributed by atoms with van der Waals surface area (Å²) in [5.41, 5.74) is 5.62. The van der Waals surface area contributed by atoms with Gasteiger partial charge in [0.25, 0.3) is 0 Å². The van der Waals surface area contributed by atoms with E-state index in [-0.39, 0.29) is 0 Å². The smallest absolute Gasteiger partial charge is 0.343 e. The van der Waals surface area contributed by atoms with E-state index in [4.69, 9.17) is 10.00 Å². The summed E-state index contributed by atoms with van der Waals surface area (Å²) in [6, 6.07) is 21.7. The van der Waals surface area contributed by atoms with Gasteiger partial charge in [0.05, 0.1) is 22.9 Å². The van der Waals surface area contributed by atoms with Crippen molar-refractivity contribution in [2.75, 3.05) is 5.32 Å². The van der Waals surface area contributed by atoms with Crippen LogP contribution < -0.4 is 15.5 Å². The van der Waals surface area contributed by atoms with E-state index >= 15 is 0 Å². The number of rotatable bonds is 5. The fourth-order valence-corrected chi connectivity index (χ4v) is 2.69. The third-order valence-electron chi connectivity index (χ3n) is 4.57. The lowest BCUT2D eigenvalue weighted by molar-refractivity contribution is -0.136. The van der Waals surface area contributed by atoms with Crippen molar-refractivity contribution in [2.24, 2.45) is 5.10 Å². The molecule has 3 rings (SSSR count). The summed E-state index contributed by atoms with van der Waals surface area (Å²) in [7, 11) is 0. The molecule has 0 aliphatic carbocycles. The molecule has 0 aliphatic heterocycles. The molecule has 0 heterocycles. The number of nitrogens with zero attached hydrogens (tertiary/aromatic N) is 2. The van der Waals surface area contributed by atoms with Gasteiger partial charge in [-0.05, 0) is 80.1 Å². The fourth-order valence-electron chi connectivity index (χ4n) is 2.69. The Kier molecular flexibility index (Phi) is 7.29. The first-order valence-corrected chi connectivity index (χ1v) is 9.91. The van der Waals surface area contributed by atoms with Crippen molar-refractivity contribution < 1.29 is 19.1 Å². The number of amides is 2. The average Bonchev–Trinajstić information content (AvgIpc) is 2.83. The molecule has 8 heteroatoms. The highest BCUT2D eigenvalue weighted by atomic mass is 16.5. The number of hydrogen-bond acceptors (Lipinski definition) is 6. The van der Waals surface area contributed by atoms with Crippen molar-refractivity contribution in [3.63, 3.8) is 0 Å². The fraction of sp³-hybridized carbons (Fsp3) is 0.0800. The molecular formula is C25H20N4O4. The van der Waals surface area contributed by atoms with E-state index in [1.54, 1.807) is 43.3 Å². The molecule has 0 aromatic heterocycles. The predicted octanol–water partition coefficient (Wildman–Crippen LogP) is 3.56. The topological polar surface area (TPSA) is 121 Å². The van der Waals surface area contributed by atoms with Crippen LogP contribution in [0.1, 0.15) is 34.0 Å². The largest absolute Gasteiger partial charge is 0.423 e. The summed E-state index contributed by atoms with van der Waals surface area (Å²) < 4.78 is 5.36. The monoisotopic (exact) mass is 440 g/mol. The SMILES string of the molecule is C/C(=N\NC(=O)C(=O)Nc1ccc(C#N)cc1)c1ccc(OC(=O)c2ccc(C)cc2)cc1. The molecule has 0 spiro atoms. The van der Waals surface area contributed by atoms with E-state index in [9.17, 15) is 14.4 Å². The number of hydrazone groups is 1. The maximum absolute atomic E-state index is 12.2. The molecule has 8 nitrogen and oxygen atoms in total. The number of esters is 1. The molecular weight excluding hydrogens is 420 g/mol. The van der Waals surface area contributed by atoms with Gasteiger partial charge in [0.1, 0.15) is 5.75 Å². The highest BCUT2D eigenvalue weighted by Gasteiger charge is 2.13. The van der Waals surface area contributed by atoms with Gasteiger partial charge < -0.3 is 10.1 Å².